The molecule has 0 heterocycles. The number of benzene rings is 1. The molecule has 0 fully saturated rings. The minimum absolute atomic E-state index is 0.176. The summed E-state index contributed by atoms with van der Waals surface area (Å²) in [5.74, 6) is 0. The molecule has 0 unspecified atom stereocenters. The zero-order valence-corrected chi connectivity index (χ0v) is 11.9. The van der Waals surface area contributed by atoms with Gasteiger partial charge in [-0.1, -0.05) is 32.9 Å². The molecule has 0 atom stereocenters. The fraction of sp³-hybridized carbons (Fsp3) is 0.538. The van der Waals surface area contributed by atoms with E-state index < -0.39 is 10.1 Å². The fourth-order valence-corrected chi connectivity index (χ4v) is 2.72. The molecule has 0 aliphatic heterocycles. The predicted octanol–water partition coefficient (Wildman–Crippen LogP) is 3.05. The first-order chi connectivity index (χ1) is 7.62. The highest BCUT2D eigenvalue weighted by molar-refractivity contribution is 7.86. The molecule has 0 aliphatic rings. The Kier molecular flexibility index (Phi) is 3.99. The zero-order valence-electron chi connectivity index (χ0n) is 11.1. The largest absolute Gasteiger partial charge is 0.297 e. The zero-order chi connectivity index (χ0) is 13.3. The maximum absolute atomic E-state index is 12.0. The summed E-state index contributed by atoms with van der Waals surface area (Å²) in [4.78, 5) is 0.266. The Labute approximate surface area is 104 Å². The van der Waals surface area contributed by atoms with Crippen molar-refractivity contribution < 1.29 is 12.6 Å². The Balaban J connectivity index is 3.02. The highest BCUT2D eigenvalue weighted by atomic mass is 32.2. The summed E-state index contributed by atoms with van der Waals surface area (Å²) < 4.78 is 29.1. The van der Waals surface area contributed by atoms with E-state index in [1.54, 1.807) is 19.1 Å². The van der Waals surface area contributed by atoms with Gasteiger partial charge in [-0.15, -0.1) is 0 Å². The Morgan fingerprint density at radius 3 is 2.29 bits per heavy atom. The van der Waals surface area contributed by atoms with Gasteiger partial charge >= 0.3 is 0 Å². The SMILES string of the molecule is Cc1ccc(C)c(S(=O)(=O)OCC(C)(C)C)c1. The molecular weight excluding hydrogens is 236 g/mol. The third-order valence-electron chi connectivity index (χ3n) is 2.26. The van der Waals surface area contributed by atoms with E-state index in [0.29, 0.717) is 5.56 Å². The minimum Gasteiger partial charge on any atom is -0.266 e. The molecule has 1 aromatic rings. The van der Waals surface area contributed by atoms with Crippen LogP contribution in [0, 0.1) is 19.3 Å². The van der Waals surface area contributed by atoms with Crippen LogP contribution in [0.4, 0.5) is 0 Å². The molecule has 0 radical (unpaired) electrons. The Morgan fingerprint density at radius 1 is 1.18 bits per heavy atom. The lowest BCUT2D eigenvalue weighted by Crippen LogP contribution is -2.19. The van der Waals surface area contributed by atoms with Crippen molar-refractivity contribution in [3.8, 4) is 0 Å². The van der Waals surface area contributed by atoms with Crippen LogP contribution in [-0.2, 0) is 14.3 Å². The van der Waals surface area contributed by atoms with Gasteiger partial charge in [0.2, 0.25) is 0 Å². The summed E-state index contributed by atoms with van der Waals surface area (Å²) >= 11 is 0. The topological polar surface area (TPSA) is 43.4 Å². The number of aryl methyl sites for hydroxylation is 2. The van der Waals surface area contributed by atoms with Gasteiger partial charge in [0.1, 0.15) is 0 Å². The molecule has 17 heavy (non-hydrogen) atoms. The summed E-state index contributed by atoms with van der Waals surface area (Å²) in [5.41, 5.74) is 1.45. The van der Waals surface area contributed by atoms with Crippen molar-refractivity contribution in [3.63, 3.8) is 0 Å². The fourth-order valence-electron chi connectivity index (χ4n) is 1.29. The highest BCUT2D eigenvalue weighted by Gasteiger charge is 2.21. The molecule has 1 aromatic carbocycles. The second-order valence-electron chi connectivity index (χ2n) is 5.55. The summed E-state index contributed by atoms with van der Waals surface area (Å²) in [6.45, 7) is 9.63. The molecule has 0 saturated carbocycles. The standard InChI is InChI=1S/C13H20O3S/c1-10-6-7-11(2)12(8-10)17(14,15)16-9-13(3,4)5/h6-8H,9H2,1-5H3. The molecule has 3 nitrogen and oxygen atoms in total. The minimum atomic E-state index is -3.65. The van der Waals surface area contributed by atoms with E-state index >= 15 is 0 Å². The molecule has 1 rings (SSSR count). The summed E-state index contributed by atoms with van der Waals surface area (Å²) in [6.07, 6.45) is 0. The summed E-state index contributed by atoms with van der Waals surface area (Å²) in [6, 6.07) is 5.33. The van der Waals surface area contributed by atoms with E-state index in [1.165, 1.54) is 0 Å². The van der Waals surface area contributed by atoms with Crippen LogP contribution < -0.4 is 0 Å². The van der Waals surface area contributed by atoms with Crippen molar-refractivity contribution in [2.45, 2.75) is 39.5 Å². The predicted molar refractivity (Wildman–Crippen MR) is 68.5 cm³/mol. The van der Waals surface area contributed by atoms with Crippen molar-refractivity contribution in [2.75, 3.05) is 6.61 Å². The smallest absolute Gasteiger partial charge is 0.266 e. The molecule has 0 saturated heterocycles. The number of hydrogen-bond acceptors (Lipinski definition) is 3. The molecule has 4 heteroatoms. The molecular formula is C13H20O3S. The molecule has 0 amide bonds. The Hall–Kier alpha value is -0.870. The average molecular weight is 256 g/mol. The molecule has 0 aliphatic carbocycles. The third kappa shape index (κ3) is 4.13. The molecule has 0 N–H and O–H groups in total. The first kappa shape index (κ1) is 14.2. The second kappa shape index (κ2) is 4.78. The molecule has 0 spiro atoms. The molecule has 0 aromatic heterocycles. The lowest BCUT2D eigenvalue weighted by atomic mass is 9.99. The highest BCUT2D eigenvalue weighted by Crippen LogP contribution is 2.22. The van der Waals surface area contributed by atoms with Crippen LogP contribution >= 0.6 is 0 Å². The van der Waals surface area contributed by atoms with Crippen molar-refractivity contribution in [3.05, 3.63) is 29.3 Å². The van der Waals surface area contributed by atoms with Gasteiger partial charge in [0.25, 0.3) is 10.1 Å². The number of hydrogen-bond donors (Lipinski definition) is 0. The van der Waals surface area contributed by atoms with Gasteiger partial charge in [-0.3, -0.25) is 4.18 Å². The first-order valence-electron chi connectivity index (χ1n) is 5.58. The van der Waals surface area contributed by atoms with Gasteiger partial charge in [0, 0.05) is 0 Å². The lowest BCUT2D eigenvalue weighted by molar-refractivity contribution is 0.203. The van der Waals surface area contributed by atoms with E-state index in [4.69, 9.17) is 4.18 Å². The third-order valence-corrected chi connectivity index (χ3v) is 3.67. The Morgan fingerprint density at radius 2 is 1.76 bits per heavy atom. The van der Waals surface area contributed by atoms with Gasteiger partial charge in [-0.25, -0.2) is 0 Å². The van der Waals surface area contributed by atoms with Gasteiger partial charge in [0.15, 0.2) is 0 Å². The van der Waals surface area contributed by atoms with Gasteiger partial charge in [-0.05, 0) is 36.5 Å². The van der Waals surface area contributed by atoms with Crippen molar-refractivity contribution in [1.82, 2.24) is 0 Å². The van der Waals surface area contributed by atoms with Gasteiger partial charge in [0.05, 0.1) is 11.5 Å². The second-order valence-corrected chi connectivity index (χ2v) is 7.13. The molecule has 0 bridgehead atoms. The van der Waals surface area contributed by atoms with E-state index in [0.717, 1.165) is 5.56 Å². The normalized spacial score (nSPS) is 12.8. The van der Waals surface area contributed by atoms with Crippen LogP contribution in [0.25, 0.3) is 0 Å². The van der Waals surface area contributed by atoms with Crippen LogP contribution in [0.1, 0.15) is 31.9 Å². The van der Waals surface area contributed by atoms with Crippen molar-refractivity contribution in [2.24, 2.45) is 5.41 Å². The maximum atomic E-state index is 12.0. The van der Waals surface area contributed by atoms with Crippen LogP contribution in [0.2, 0.25) is 0 Å². The van der Waals surface area contributed by atoms with E-state index in [-0.39, 0.29) is 16.9 Å². The van der Waals surface area contributed by atoms with Gasteiger partial charge in [-0.2, -0.15) is 8.42 Å². The first-order valence-corrected chi connectivity index (χ1v) is 6.99. The van der Waals surface area contributed by atoms with Gasteiger partial charge < -0.3 is 0 Å². The van der Waals surface area contributed by atoms with Crippen LogP contribution in [-0.4, -0.2) is 15.0 Å². The van der Waals surface area contributed by atoms with Crippen molar-refractivity contribution >= 4 is 10.1 Å². The van der Waals surface area contributed by atoms with E-state index in [1.807, 2.05) is 33.8 Å². The van der Waals surface area contributed by atoms with Crippen LogP contribution in [0.15, 0.2) is 23.1 Å². The van der Waals surface area contributed by atoms with Crippen molar-refractivity contribution in [1.29, 1.82) is 0 Å². The summed E-state index contributed by atoms with van der Waals surface area (Å²) in [7, 11) is -3.65. The lowest BCUT2D eigenvalue weighted by Gasteiger charge is -2.18. The average Bonchev–Trinajstić information content (AvgIpc) is 2.18. The van der Waals surface area contributed by atoms with E-state index in [2.05, 4.69) is 0 Å². The monoisotopic (exact) mass is 256 g/mol. The van der Waals surface area contributed by atoms with E-state index in [9.17, 15) is 8.42 Å². The van der Waals surface area contributed by atoms with Crippen LogP contribution in [0.3, 0.4) is 0 Å². The van der Waals surface area contributed by atoms with Crippen LogP contribution in [0.5, 0.6) is 0 Å². The molecule has 96 valence electrons. The summed E-state index contributed by atoms with van der Waals surface area (Å²) in [5, 5.41) is 0. The Bertz CT molecular complexity index is 496. The maximum Gasteiger partial charge on any atom is 0.297 e. The number of rotatable bonds is 3. The quantitative estimate of drug-likeness (QED) is 0.781.